The quantitative estimate of drug-likeness (QED) is 0.830. The van der Waals surface area contributed by atoms with Gasteiger partial charge >= 0.3 is 12.1 Å². The van der Waals surface area contributed by atoms with Gasteiger partial charge in [-0.2, -0.15) is 22.0 Å². The highest BCUT2D eigenvalue weighted by atomic mass is 35.5. The standard InChI is InChI=1S/C9H6F7N.ClH/c10-5-3-1-2-4(6(5)11)7(17)8(12,13)9(14,15)16;/h1-3,7H,17H2;1H/t7-;/m0./s1. The first-order valence-corrected chi connectivity index (χ1v) is 4.23. The highest BCUT2D eigenvalue weighted by Crippen LogP contribution is 2.43. The van der Waals surface area contributed by atoms with Crippen LogP contribution in [-0.2, 0) is 0 Å². The summed E-state index contributed by atoms with van der Waals surface area (Å²) >= 11 is 0. The van der Waals surface area contributed by atoms with Crippen LogP contribution in [0.3, 0.4) is 0 Å². The van der Waals surface area contributed by atoms with Gasteiger partial charge < -0.3 is 5.73 Å². The predicted molar refractivity (Wildman–Crippen MR) is 51.5 cm³/mol. The van der Waals surface area contributed by atoms with Crippen molar-refractivity contribution < 1.29 is 30.7 Å². The molecule has 0 aliphatic carbocycles. The minimum atomic E-state index is -5.94. The maximum absolute atomic E-state index is 13.0. The Kier molecular flexibility index (Phi) is 5.01. The lowest BCUT2D eigenvalue weighted by atomic mass is 10.0. The molecule has 0 heterocycles. The summed E-state index contributed by atoms with van der Waals surface area (Å²) in [5.74, 6) is -8.71. The van der Waals surface area contributed by atoms with E-state index < -0.39 is 35.3 Å². The van der Waals surface area contributed by atoms with E-state index in [1.54, 1.807) is 0 Å². The van der Waals surface area contributed by atoms with Gasteiger partial charge in [-0.15, -0.1) is 12.4 Å². The summed E-state index contributed by atoms with van der Waals surface area (Å²) in [6, 6.07) is -1.06. The van der Waals surface area contributed by atoms with Gasteiger partial charge in [0.2, 0.25) is 0 Å². The van der Waals surface area contributed by atoms with E-state index >= 15 is 0 Å². The van der Waals surface area contributed by atoms with Crippen molar-refractivity contribution in [3.63, 3.8) is 0 Å². The first-order valence-electron chi connectivity index (χ1n) is 4.23. The molecule has 0 radical (unpaired) electrons. The molecular formula is C9H7ClF7N. The van der Waals surface area contributed by atoms with Gasteiger partial charge in [0.25, 0.3) is 0 Å². The predicted octanol–water partition coefficient (Wildman–Crippen LogP) is 3.58. The third-order valence-corrected chi connectivity index (χ3v) is 2.09. The van der Waals surface area contributed by atoms with Gasteiger partial charge in [-0.05, 0) is 6.07 Å². The summed E-state index contributed by atoms with van der Waals surface area (Å²) in [7, 11) is 0. The van der Waals surface area contributed by atoms with Gasteiger partial charge in [0, 0.05) is 5.56 Å². The Morgan fingerprint density at radius 1 is 1.00 bits per heavy atom. The van der Waals surface area contributed by atoms with E-state index in [1.165, 1.54) is 0 Å². The van der Waals surface area contributed by atoms with Crippen molar-refractivity contribution in [3.8, 4) is 0 Å². The molecule has 0 saturated heterocycles. The van der Waals surface area contributed by atoms with E-state index in [4.69, 9.17) is 0 Å². The molecule has 1 rings (SSSR count). The van der Waals surface area contributed by atoms with Crippen LogP contribution in [0.5, 0.6) is 0 Å². The Morgan fingerprint density at radius 3 is 1.94 bits per heavy atom. The van der Waals surface area contributed by atoms with Crippen LogP contribution in [0.4, 0.5) is 30.7 Å². The van der Waals surface area contributed by atoms with Gasteiger partial charge in [-0.1, -0.05) is 12.1 Å². The third-order valence-electron chi connectivity index (χ3n) is 2.09. The Bertz CT molecular complexity index is 418. The van der Waals surface area contributed by atoms with E-state index in [2.05, 4.69) is 5.73 Å². The molecule has 0 aliphatic rings. The number of nitrogens with two attached hydrogens (primary N) is 1. The Balaban J connectivity index is 0.00000289. The molecule has 0 aromatic heterocycles. The lowest BCUT2D eigenvalue weighted by Gasteiger charge is -2.26. The summed E-state index contributed by atoms with van der Waals surface area (Å²) in [5, 5.41) is 0. The topological polar surface area (TPSA) is 26.0 Å². The third kappa shape index (κ3) is 2.86. The van der Waals surface area contributed by atoms with Crippen LogP contribution >= 0.6 is 12.4 Å². The van der Waals surface area contributed by atoms with Crippen molar-refractivity contribution in [2.24, 2.45) is 5.73 Å². The monoisotopic (exact) mass is 297 g/mol. The van der Waals surface area contributed by atoms with Crippen molar-refractivity contribution >= 4 is 12.4 Å². The second-order valence-electron chi connectivity index (χ2n) is 3.24. The summed E-state index contributed by atoms with van der Waals surface area (Å²) in [5.41, 5.74) is 3.42. The summed E-state index contributed by atoms with van der Waals surface area (Å²) in [6.45, 7) is 0. The molecule has 0 spiro atoms. The molecule has 1 nitrogen and oxygen atoms in total. The zero-order valence-electron chi connectivity index (χ0n) is 8.44. The molecule has 18 heavy (non-hydrogen) atoms. The van der Waals surface area contributed by atoms with Gasteiger partial charge in [-0.25, -0.2) is 8.78 Å². The molecule has 2 N–H and O–H groups in total. The normalized spacial score (nSPS) is 14.0. The minimum Gasteiger partial charge on any atom is -0.319 e. The molecule has 104 valence electrons. The van der Waals surface area contributed by atoms with Gasteiger partial charge in [0.1, 0.15) is 6.04 Å². The lowest BCUT2D eigenvalue weighted by Crippen LogP contribution is -2.46. The van der Waals surface area contributed by atoms with Gasteiger partial charge in [0.05, 0.1) is 0 Å². The summed E-state index contributed by atoms with van der Waals surface area (Å²) < 4.78 is 87.1. The molecule has 9 heteroatoms. The number of hydrogen-bond donors (Lipinski definition) is 1. The molecule has 1 atom stereocenters. The van der Waals surface area contributed by atoms with Crippen LogP contribution in [0.15, 0.2) is 18.2 Å². The van der Waals surface area contributed by atoms with Crippen LogP contribution in [0.1, 0.15) is 11.6 Å². The smallest absolute Gasteiger partial charge is 0.319 e. The lowest BCUT2D eigenvalue weighted by molar-refractivity contribution is -0.291. The largest absolute Gasteiger partial charge is 0.455 e. The molecule has 0 amide bonds. The first kappa shape index (κ1) is 17.0. The molecule has 0 aliphatic heterocycles. The molecule has 0 saturated carbocycles. The highest BCUT2D eigenvalue weighted by Gasteiger charge is 2.62. The number of alkyl halides is 5. The van der Waals surface area contributed by atoms with Crippen molar-refractivity contribution in [1.29, 1.82) is 0 Å². The zero-order chi connectivity index (χ0) is 13.4. The molecule has 0 fully saturated rings. The van der Waals surface area contributed by atoms with Crippen LogP contribution in [0.2, 0.25) is 0 Å². The van der Waals surface area contributed by atoms with E-state index in [-0.39, 0.29) is 12.4 Å². The second-order valence-corrected chi connectivity index (χ2v) is 3.24. The van der Waals surface area contributed by atoms with Crippen molar-refractivity contribution in [2.45, 2.75) is 18.1 Å². The number of rotatable bonds is 2. The van der Waals surface area contributed by atoms with Crippen LogP contribution in [0, 0.1) is 11.6 Å². The maximum atomic E-state index is 13.0. The van der Waals surface area contributed by atoms with Crippen molar-refractivity contribution in [1.82, 2.24) is 0 Å². The second kappa shape index (κ2) is 5.31. The van der Waals surface area contributed by atoms with Crippen molar-refractivity contribution in [2.75, 3.05) is 0 Å². The summed E-state index contributed by atoms with van der Waals surface area (Å²) in [6.07, 6.45) is -5.94. The van der Waals surface area contributed by atoms with Crippen LogP contribution in [-0.4, -0.2) is 12.1 Å². The van der Waals surface area contributed by atoms with E-state index in [0.29, 0.717) is 12.1 Å². The van der Waals surface area contributed by atoms with E-state index in [1.807, 2.05) is 0 Å². The van der Waals surface area contributed by atoms with Crippen molar-refractivity contribution in [3.05, 3.63) is 35.4 Å². The van der Waals surface area contributed by atoms with E-state index in [0.717, 1.165) is 6.07 Å². The Labute approximate surface area is 103 Å². The Hall–Kier alpha value is -1.02. The fourth-order valence-corrected chi connectivity index (χ4v) is 1.13. The van der Waals surface area contributed by atoms with E-state index in [9.17, 15) is 30.7 Å². The minimum absolute atomic E-state index is 0. The fourth-order valence-electron chi connectivity index (χ4n) is 1.13. The maximum Gasteiger partial charge on any atom is 0.455 e. The molecular weight excluding hydrogens is 291 g/mol. The molecule has 0 unspecified atom stereocenters. The number of hydrogen-bond acceptors (Lipinski definition) is 1. The van der Waals surface area contributed by atoms with Gasteiger partial charge in [0.15, 0.2) is 11.6 Å². The van der Waals surface area contributed by atoms with Crippen LogP contribution < -0.4 is 5.73 Å². The molecule has 1 aromatic carbocycles. The highest BCUT2D eigenvalue weighted by molar-refractivity contribution is 5.85. The zero-order valence-corrected chi connectivity index (χ0v) is 9.26. The number of halogens is 8. The molecule has 0 bridgehead atoms. The van der Waals surface area contributed by atoms with Crippen LogP contribution in [0.25, 0.3) is 0 Å². The van der Waals surface area contributed by atoms with Gasteiger partial charge in [-0.3, -0.25) is 0 Å². The Morgan fingerprint density at radius 2 is 1.50 bits per heavy atom. The first-order chi connectivity index (χ1) is 7.59. The number of benzene rings is 1. The average Bonchev–Trinajstić information content (AvgIpc) is 2.19. The average molecular weight is 298 g/mol. The fraction of sp³-hybridized carbons (Fsp3) is 0.333. The SMILES string of the molecule is Cl.N[C@@H](c1cccc(F)c1F)C(F)(F)C(F)(F)F. The molecule has 1 aromatic rings. The summed E-state index contributed by atoms with van der Waals surface area (Å²) in [4.78, 5) is 0.